The fourth-order valence-corrected chi connectivity index (χ4v) is 3.06. The Labute approximate surface area is 141 Å². The monoisotopic (exact) mass is 345 g/mol. The lowest BCUT2D eigenvalue weighted by Crippen LogP contribution is -2.42. The third-order valence-corrected chi connectivity index (χ3v) is 4.47. The van der Waals surface area contributed by atoms with Gasteiger partial charge in [-0.15, -0.1) is 0 Å². The third-order valence-electron chi connectivity index (χ3n) is 3.73. The summed E-state index contributed by atoms with van der Waals surface area (Å²) in [6.07, 6.45) is 0.358. The summed E-state index contributed by atoms with van der Waals surface area (Å²) >= 11 is 12.0. The van der Waals surface area contributed by atoms with Crippen LogP contribution >= 0.6 is 23.2 Å². The van der Waals surface area contributed by atoms with Gasteiger partial charge in [0.05, 0.1) is 22.7 Å². The summed E-state index contributed by atoms with van der Waals surface area (Å²) in [5.41, 5.74) is 0.415. The third kappa shape index (κ3) is 3.86. The van der Waals surface area contributed by atoms with Crippen LogP contribution < -0.4 is 0 Å². The van der Waals surface area contributed by atoms with Crippen LogP contribution in [-0.4, -0.2) is 40.9 Å². The van der Waals surface area contributed by atoms with Gasteiger partial charge in [0.25, 0.3) is 0 Å². The number of halogens is 2. The fraction of sp³-hybridized carbons (Fsp3) is 0.562. The lowest BCUT2D eigenvalue weighted by Gasteiger charge is -2.29. The van der Waals surface area contributed by atoms with Crippen LogP contribution in [0, 0.1) is 0 Å². The summed E-state index contributed by atoms with van der Waals surface area (Å²) in [5, 5.41) is 10.7. The van der Waals surface area contributed by atoms with Crippen LogP contribution in [0.4, 0.5) is 4.79 Å². The molecule has 1 fully saturated rings. The zero-order valence-electron chi connectivity index (χ0n) is 13.0. The average Bonchev–Trinajstić information content (AvgIpc) is 2.83. The van der Waals surface area contributed by atoms with Gasteiger partial charge in [0.2, 0.25) is 0 Å². The number of aliphatic hydroxyl groups is 1. The highest BCUT2D eigenvalue weighted by Crippen LogP contribution is 2.36. The molecule has 1 aliphatic heterocycles. The van der Waals surface area contributed by atoms with Crippen LogP contribution in [0.15, 0.2) is 18.2 Å². The predicted octanol–water partition coefficient (Wildman–Crippen LogP) is 4.08. The number of nitrogens with zero attached hydrogens (tertiary/aromatic N) is 1. The number of carbonyl (C=O) groups excluding carboxylic acids is 1. The van der Waals surface area contributed by atoms with Gasteiger partial charge in [0, 0.05) is 12.5 Å². The molecule has 0 saturated carbocycles. The average molecular weight is 346 g/mol. The molecule has 1 N–H and O–H groups in total. The van der Waals surface area contributed by atoms with E-state index in [1.807, 2.05) is 26.8 Å². The minimum Gasteiger partial charge on any atom is -0.444 e. The first-order chi connectivity index (χ1) is 10.2. The fourth-order valence-electron chi connectivity index (χ4n) is 2.76. The highest BCUT2D eigenvalue weighted by atomic mass is 35.5. The van der Waals surface area contributed by atoms with E-state index in [0.717, 1.165) is 12.0 Å². The molecule has 0 aromatic heterocycles. The number of ether oxygens (including phenoxy) is 1. The number of carbonyl (C=O) groups is 1. The van der Waals surface area contributed by atoms with Gasteiger partial charge in [-0.05, 0) is 44.9 Å². The zero-order chi connectivity index (χ0) is 16.5. The number of aliphatic hydroxyl groups excluding tert-OH is 1. The summed E-state index contributed by atoms with van der Waals surface area (Å²) in [7, 11) is 0. The molecule has 2 atom stereocenters. The van der Waals surface area contributed by atoms with Crippen molar-refractivity contribution in [2.75, 3.05) is 13.2 Å². The molecule has 6 heteroatoms. The maximum Gasteiger partial charge on any atom is 0.410 e. The Bertz CT molecular complexity index is 557. The van der Waals surface area contributed by atoms with Gasteiger partial charge >= 0.3 is 6.09 Å². The lowest BCUT2D eigenvalue weighted by atomic mass is 9.92. The zero-order valence-corrected chi connectivity index (χ0v) is 14.5. The van der Waals surface area contributed by atoms with Gasteiger partial charge in [0.15, 0.2) is 0 Å². The standard InChI is InChI=1S/C16H21Cl2NO3/c1-16(2,3)22-15(21)19-7-6-11(14(19)9-20)10-4-5-12(17)13(18)8-10/h4-5,8,11,14,20H,6-7,9H2,1-3H3/t11-,14-/m0/s1. The Hall–Kier alpha value is -0.970. The van der Waals surface area contributed by atoms with Crippen molar-refractivity contribution in [1.82, 2.24) is 4.90 Å². The molecule has 0 radical (unpaired) electrons. The molecular weight excluding hydrogens is 325 g/mol. The highest BCUT2D eigenvalue weighted by molar-refractivity contribution is 6.42. The van der Waals surface area contributed by atoms with Gasteiger partial charge in [0.1, 0.15) is 5.60 Å². The highest BCUT2D eigenvalue weighted by Gasteiger charge is 2.39. The molecule has 1 heterocycles. The lowest BCUT2D eigenvalue weighted by molar-refractivity contribution is 0.0165. The molecule has 22 heavy (non-hydrogen) atoms. The van der Waals surface area contributed by atoms with Crippen LogP contribution in [0.3, 0.4) is 0 Å². The first-order valence-corrected chi connectivity index (χ1v) is 8.04. The normalized spacial score (nSPS) is 22.0. The van der Waals surface area contributed by atoms with Gasteiger partial charge < -0.3 is 14.7 Å². The maximum absolute atomic E-state index is 12.3. The van der Waals surface area contributed by atoms with E-state index in [1.165, 1.54) is 0 Å². The quantitative estimate of drug-likeness (QED) is 0.878. The van der Waals surface area contributed by atoms with E-state index in [0.29, 0.717) is 16.6 Å². The van der Waals surface area contributed by atoms with Crippen molar-refractivity contribution in [2.24, 2.45) is 0 Å². The van der Waals surface area contributed by atoms with Crippen molar-refractivity contribution in [3.05, 3.63) is 33.8 Å². The van der Waals surface area contributed by atoms with Crippen molar-refractivity contribution < 1.29 is 14.6 Å². The second-order valence-corrected chi connectivity index (χ2v) is 7.31. The molecule has 122 valence electrons. The Balaban J connectivity index is 2.18. The summed E-state index contributed by atoms with van der Waals surface area (Å²) in [5.74, 6) is 0.0206. The predicted molar refractivity (Wildman–Crippen MR) is 87.6 cm³/mol. The molecule has 1 aromatic rings. The van der Waals surface area contributed by atoms with Gasteiger partial charge in [-0.3, -0.25) is 0 Å². The molecule has 4 nitrogen and oxygen atoms in total. The number of benzene rings is 1. The molecule has 1 saturated heterocycles. The van der Waals surface area contributed by atoms with E-state index in [4.69, 9.17) is 27.9 Å². The first kappa shape index (κ1) is 17.4. The topological polar surface area (TPSA) is 49.8 Å². The number of hydrogen-bond acceptors (Lipinski definition) is 3. The Morgan fingerprint density at radius 3 is 2.59 bits per heavy atom. The molecular formula is C16H21Cl2NO3. The van der Waals surface area contributed by atoms with E-state index in [2.05, 4.69) is 0 Å². The van der Waals surface area contributed by atoms with E-state index in [1.54, 1.807) is 17.0 Å². The van der Waals surface area contributed by atoms with Crippen molar-refractivity contribution in [2.45, 2.75) is 44.8 Å². The van der Waals surface area contributed by atoms with Crippen molar-refractivity contribution in [3.63, 3.8) is 0 Å². The molecule has 0 spiro atoms. The summed E-state index contributed by atoms with van der Waals surface area (Å²) in [6.45, 7) is 5.90. The Morgan fingerprint density at radius 1 is 1.36 bits per heavy atom. The summed E-state index contributed by atoms with van der Waals surface area (Å²) < 4.78 is 5.41. The van der Waals surface area contributed by atoms with Crippen LogP contribution in [-0.2, 0) is 4.74 Å². The SMILES string of the molecule is CC(C)(C)OC(=O)N1CC[C@@H](c2ccc(Cl)c(Cl)c2)[C@@H]1CO. The van der Waals surface area contributed by atoms with Gasteiger partial charge in [-0.2, -0.15) is 0 Å². The van der Waals surface area contributed by atoms with Gasteiger partial charge in [-0.25, -0.2) is 4.79 Å². The van der Waals surface area contributed by atoms with Crippen molar-refractivity contribution >= 4 is 29.3 Å². The smallest absolute Gasteiger partial charge is 0.410 e. The Kier molecular flexibility index (Phi) is 5.25. The van der Waals surface area contributed by atoms with Gasteiger partial charge in [-0.1, -0.05) is 29.3 Å². The molecule has 2 rings (SSSR count). The summed E-state index contributed by atoms with van der Waals surface area (Å²) in [6, 6.07) is 5.12. The second-order valence-electron chi connectivity index (χ2n) is 6.49. The number of amides is 1. The number of likely N-dealkylation sites (tertiary alicyclic amines) is 1. The van der Waals surface area contributed by atoms with Crippen molar-refractivity contribution in [1.29, 1.82) is 0 Å². The summed E-state index contributed by atoms with van der Waals surface area (Å²) in [4.78, 5) is 13.9. The minimum absolute atomic E-state index is 0.0206. The Morgan fingerprint density at radius 2 is 2.05 bits per heavy atom. The van der Waals surface area contributed by atoms with Crippen LogP contribution in [0.2, 0.25) is 10.0 Å². The largest absolute Gasteiger partial charge is 0.444 e. The molecule has 1 amide bonds. The minimum atomic E-state index is -0.557. The maximum atomic E-state index is 12.3. The van der Waals surface area contributed by atoms with Crippen LogP contribution in [0.1, 0.15) is 38.7 Å². The molecule has 0 aliphatic carbocycles. The molecule has 1 aromatic carbocycles. The van der Waals surface area contributed by atoms with E-state index in [9.17, 15) is 9.90 Å². The molecule has 0 bridgehead atoms. The van der Waals surface area contributed by atoms with Crippen molar-refractivity contribution in [3.8, 4) is 0 Å². The van der Waals surface area contributed by atoms with E-state index < -0.39 is 11.7 Å². The molecule has 1 aliphatic rings. The van der Waals surface area contributed by atoms with E-state index >= 15 is 0 Å². The first-order valence-electron chi connectivity index (χ1n) is 7.28. The number of hydrogen-bond donors (Lipinski definition) is 1. The number of rotatable bonds is 2. The molecule has 0 unspecified atom stereocenters. The van der Waals surface area contributed by atoms with E-state index in [-0.39, 0.29) is 18.6 Å². The van der Waals surface area contributed by atoms with Crippen LogP contribution in [0.5, 0.6) is 0 Å². The van der Waals surface area contributed by atoms with Crippen LogP contribution in [0.25, 0.3) is 0 Å². The second kappa shape index (κ2) is 6.65.